The van der Waals surface area contributed by atoms with Gasteiger partial charge in [0.1, 0.15) is 0 Å². The van der Waals surface area contributed by atoms with Crippen LogP contribution in [-0.2, 0) is 0 Å². The molecule has 3 nitrogen and oxygen atoms in total. The number of nitrogens with zero attached hydrogens (tertiary/aromatic N) is 1. The lowest BCUT2D eigenvalue weighted by Crippen LogP contribution is -2.24. The van der Waals surface area contributed by atoms with E-state index < -0.39 is 0 Å². The first-order valence-corrected chi connectivity index (χ1v) is 4.42. The van der Waals surface area contributed by atoms with Crippen molar-refractivity contribution in [2.45, 2.75) is 4.90 Å². The Morgan fingerprint density at radius 3 is 2.85 bits per heavy atom. The molecule has 0 atom stereocenters. The van der Waals surface area contributed by atoms with Gasteiger partial charge < -0.3 is 5.73 Å². The molecule has 3 N–H and O–H groups in total. The van der Waals surface area contributed by atoms with Crippen LogP contribution in [0.15, 0.2) is 34.3 Å². The number of hydrogen-bond acceptors (Lipinski definition) is 3. The number of thiol groups is 1. The van der Waals surface area contributed by atoms with Crippen LogP contribution in [0.5, 0.6) is 0 Å². The number of thiocarbonyl (C=S) groups is 1. The second-order valence-electron chi connectivity index (χ2n) is 2.29. The number of nitrogens with one attached hydrogen (secondary N) is 1. The zero-order valence-electron chi connectivity index (χ0n) is 6.77. The highest BCUT2D eigenvalue weighted by atomic mass is 32.1. The predicted molar refractivity (Wildman–Crippen MR) is 61.2 cm³/mol. The summed E-state index contributed by atoms with van der Waals surface area (Å²) >= 11 is 8.82. The highest BCUT2D eigenvalue weighted by Gasteiger charge is 1.91. The molecule has 1 rings (SSSR count). The molecule has 0 aliphatic carbocycles. The van der Waals surface area contributed by atoms with Crippen molar-refractivity contribution < 1.29 is 0 Å². The highest BCUT2D eigenvalue weighted by Crippen LogP contribution is 2.09. The van der Waals surface area contributed by atoms with Crippen molar-refractivity contribution >= 4 is 36.2 Å². The Labute approximate surface area is 87.4 Å². The molecule has 0 bridgehead atoms. The maximum Gasteiger partial charge on any atom is 0.184 e. The van der Waals surface area contributed by atoms with Crippen molar-refractivity contribution in [1.29, 1.82) is 0 Å². The molecule has 0 heterocycles. The molecule has 0 fully saturated rings. The molecule has 13 heavy (non-hydrogen) atoms. The van der Waals surface area contributed by atoms with Gasteiger partial charge in [0.05, 0.1) is 6.21 Å². The van der Waals surface area contributed by atoms with Crippen LogP contribution in [0.2, 0.25) is 0 Å². The number of nitrogens with two attached hydrogens (primary N) is 1. The Morgan fingerprint density at radius 2 is 2.23 bits per heavy atom. The van der Waals surface area contributed by atoms with E-state index in [1.165, 1.54) is 0 Å². The van der Waals surface area contributed by atoms with Crippen LogP contribution in [0.1, 0.15) is 5.56 Å². The first-order chi connectivity index (χ1) is 6.20. The Hall–Kier alpha value is -1.07. The van der Waals surface area contributed by atoms with Crippen LogP contribution >= 0.6 is 24.8 Å². The summed E-state index contributed by atoms with van der Waals surface area (Å²) in [7, 11) is 0. The molecule has 1 aromatic carbocycles. The molecule has 0 aliphatic heterocycles. The molecule has 68 valence electrons. The standard InChI is InChI=1S/C8H9N3S2/c9-8(13)11-10-5-6-3-1-2-4-7(6)12/h1-5,12H,(H3,9,11,13). The molecule has 0 spiro atoms. The number of hydrazone groups is 1. The Kier molecular flexibility index (Phi) is 3.72. The normalized spacial score (nSPS) is 10.2. The Morgan fingerprint density at radius 1 is 1.54 bits per heavy atom. The Bertz CT molecular complexity index is 336. The number of rotatable bonds is 2. The fourth-order valence-corrected chi connectivity index (χ4v) is 1.03. The van der Waals surface area contributed by atoms with Crippen molar-refractivity contribution in [2.24, 2.45) is 10.8 Å². The first kappa shape index (κ1) is 10.0. The minimum Gasteiger partial charge on any atom is -0.375 e. The fourth-order valence-electron chi connectivity index (χ4n) is 0.762. The summed E-state index contributed by atoms with van der Waals surface area (Å²) in [6.07, 6.45) is 1.61. The first-order valence-electron chi connectivity index (χ1n) is 3.56. The summed E-state index contributed by atoms with van der Waals surface area (Å²) in [5.41, 5.74) is 8.56. The summed E-state index contributed by atoms with van der Waals surface area (Å²) in [5.74, 6) is 0. The van der Waals surface area contributed by atoms with Crippen molar-refractivity contribution in [3.8, 4) is 0 Å². The average Bonchev–Trinajstić information content (AvgIpc) is 2.08. The number of hydrogen-bond donors (Lipinski definition) is 3. The maximum absolute atomic E-state index is 5.18. The minimum atomic E-state index is 0.146. The molecule has 0 unspecified atom stereocenters. The zero-order chi connectivity index (χ0) is 9.68. The lowest BCUT2D eigenvalue weighted by molar-refractivity contribution is 1.04. The van der Waals surface area contributed by atoms with E-state index in [0.29, 0.717) is 0 Å². The SMILES string of the molecule is NC(=S)NN=Cc1ccccc1S. The summed E-state index contributed by atoms with van der Waals surface area (Å²) < 4.78 is 0. The molecule has 1 aromatic rings. The van der Waals surface area contributed by atoms with Crippen LogP contribution in [0.25, 0.3) is 0 Å². The van der Waals surface area contributed by atoms with Gasteiger partial charge in [-0.1, -0.05) is 18.2 Å². The molecule has 0 saturated carbocycles. The molecule has 0 radical (unpaired) electrons. The summed E-state index contributed by atoms with van der Waals surface area (Å²) in [6.45, 7) is 0. The van der Waals surface area contributed by atoms with Crippen molar-refractivity contribution in [1.82, 2.24) is 5.43 Å². The van der Waals surface area contributed by atoms with E-state index in [1.54, 1.807) is 6.21 Å². The van der Waals surface area contributed by atoms with Crippen molar-refractivity contribution in [2.75, 3.05) is 0 Å². The van der Waals surface area contributed by atoms with Gasteiger partial charge in [-0.25, -0.2) is 0 Å². The summed E-state index contributed by atoms with van der Waals surface area (Å²) in [4.78, 5) is 0.857. The Balaban J connectivity index is 2.68. The van der Waals surface area contributed by atoms with Gasteiger partial charge in [0.15, 0.2) is 5.11 Å². The van der Waals surface area contributed by atoms with Crippen LogP contribution in [0.4, 0.5) is 0 Å². The van der Waals surface area contributed by atoms with Gasteiger partial charge in [0.2, 0.25) is 0 Å². The van der Waals surface area contributed by atoms with E-state index in [1.807, 2.05) is 24.3 Å². The molecular formula is C8H9N3S2. The van der Waals surface area contributed by atoms with E-state index >= 15 is 0 Å². The molecule has 0 amide bonds. The molecule has 0 aromatic heterocycles. The predicted octanol–water partition coefficient (Wildman–Crippen LogP) is 1.14. The summed E-state index contributed by atoms with van der Waals surface area (Å²) in [5, 5.41) is 3.96. The van der Waals surface area contributed by atoms with Gasteiger partial charge in [-0.2, -0.15) is 5.10 Å². The molecular weight excluding hydrogens is 202 g/mol. The van der Waals surface area contributed by atoms with Gasteiger partial charge in [-0.15, -0.1) is 12.6 Å². The largest absolute Gasteiger partial charge is 0.375 e. The van der Waals surface area contributed by atoms with Gasteiger partial charge in [-0.3, -0.25) is 5.43 Å². The average molecular weight is 211 g/mol. The second-order valence-corrected chi connectivity index (χ2v) is 3.21. The lowest BCUT2D eigenvalue weighted by atomic mass is 10.2. The molecule has 0 aliphatic rings. The lowest BCUT2D eigenvalue weighted by Gasteiger charge is -1.97. The van der Waals surface area contributed by atoms with Gasteiger partial charge in [0.25, 0.3) is 0 Å². The van der Waals surface area contributed by atoms with Crippen molar-refractivity contribution in [3.63, 3.8) is 0 Å². The second kappa shape index (κ2) is 4.84. The smallest absolute Gasteiger partial charge is 0.184 e. The summed E-state index contributed by atoms with van der Waals surface area (Å²) in [6, 6.07) is 7.58. The van der Waals surface area contributed by atoms with Crippen LogP contribution < -0.4 is 11.2 Å². The molecule has 5 heteroatoms. The van der Waals surface area contributed by atoms with Crippen molar-refractivity contribution in [3.05, 3.63) is 29.8 Å². The maximum atomic E-state index is 5.18. The highest BCUT2D eigenvalue weighted by molar-refractivity contribution is 7.80. The van der Waals surface area contributed by atoms with Crippen LogP contribution in [0, 0.1) is 0 Å². The number of benzene rings is 1. The van der Waals surface area contributed by atoms with E-state index in [2.05, 4.69) is 35.4 Å². The topological polar surface area (TPSA) is 50.4 Å². The third-order valence-corrected chi connectivity index (χ3v) is 1.81. The minimum absolute atomic E-state index is 0.146. The van der Waals surface area contributed by atoms with Gasteiger partial charge >= 0.3 is 0 Å². The van der Waals surface area contributed by atoms with E-state index in [-0.39, 0.29) is 5.11 Å². The van der Waals surface area contributed by atoms with E-state index in [0.717, 1.165) is 10.5 Å². The monoisotopic (exact) mass is 211 g/mol. The van der Waals surface area contributed by atoms with E-state index in [4.69, 9.17) is 5.73 Å². The third-order valence-electron chi connectivity index (χ3n) is 1.32. The quantitative estimate of drug-likeness (QED) is 0.298. The van der Waals surface area contributed by atoms with Crippen LogP contribution in [-0.4, -0.2) is 11.3 Å². The van der Waals surface area contributed by atoms with E-state index in [9.17, 15) is 0 Å². The molecule has 0 saturated heterocycles. The van der Waals surface area contributed by atoms with Crippen LogP contribution in [0.3, 0.4) is 0 Å². The fraction of sp³-hybridized carbons (Fsp3) is 0. The zero-order valence-corrected chi connectivity index (χ0v) is 8.48. The third kappa shape index (κ3) is 3.43. The van der Waals surface area contributed by atoms with Gasteiger partial charge in [-0.05, 0) is 18.3 Å². The van der Waals surface area contributed by atoms with Gasteiger partial charge in [0, 0.05) is 10.5 Å².